The lowest BCUT2D eigenvalue weighted by Crippen LogP contribution is -2.44. The molecule has 0 aromatic carbocycles. The van der Waals surface area contributed by atoms with Crippen LogP contribution >= 0.6 is 24.8 Å². The van der Waals surface area contributed by atoms with Crippen molar-refractivity contribution in [3.8, 4) is 0 Å². The molecular formula is C10H16N2S2. The van der Waals surface area contributed by atoms with Crippen molar-refractivity contribution in [1.82, 2.24) is 10.0 Å². The number of hydrogen-bond donors (Lipinski definition) is 1. The quantitative estimate of drug-likeness (QED) is 0.309. The van der Waals surface area contributed by atoms with Gasteiger partial charge in [-0.2, -0.15) is 0 Å². The van der Waals surface area contributed by atoms with E-state index in [1.165, 1.54) is 0 Å². The Balaban J connectivity index is 4.50. The van der Waals surface area contributed by atoms with Crippen LogP contribution < -0.4 is 0 Å². The van der Waals surface area contributed by atoms with Gasteiger partial charge in [-0.15, -0.1) is 32.4 Å². The molecule has 0 amide bonds. The molecule has 0 heterocycles. The standard InChI is InChI=1S/C10H16N2S2/c1-4-7-11(8-5-2)12(9-6-3)10(13)14/h4-6H,1-3,7-9H2,(H,13,14). The van der Waals surface area contributed by atoms with Crippen LogP contribution in [0.1, 0.15) is 0 Å². The molecule has 0 saturated carbocycles. The van der Waals surface area contributed by atoms with Gasteiger partial charge in [0.2, 0.25) is 0 Å². The van der Waals surface area contributed by atoms with Crippen LogP contribution in [0.4, 0.5) is 0 Å². The highest BCUT2D eigenvalue weighted by Gasteiger charge is 2.11. The van der Waals surface area contributed by atoms with Crippen LogP contribution in [-0.4, -0.2) is 34.0 Å². The van der Waals surface area contributed by atoms with Crippen molar-refractivity contribution >= 4 is 29.2 Å². The summed E-state index contributed by atoms with van der Waals surface area (Å²) in [6, 6.07) is 0. The second kappa shape index (κ2) is 7.79. The van der Waals surface area contributed by atoms with E-state index in [1.807, 2.05) is 22.2 Å². The Bertz CT molecular complexity index is 216. The van der Waals surface area contributed by atoms with Gasteiger partial charge in [-0.05, 0) is 0 Å². The van der Waals surface area contributed by atoms with E-state index >= 15 is 0 Å². The number of thiocarbonyl (C=S) groups is 1. The van der Waals surface area contributed by atoms with Crippen molar-refractivity contribution in [1.29, 1.82) is 0 Å². The van der Waals surface area contributed by atoms with Gasteiger partial charge in [-0.25, -0.2) is 5.01 Å². The largest absolute Gasteiger partial charge is 0.286 e. The minimum Gasteiger partial charge on any atom is -0.286 e. The Morgan fingerprint density at radius 1 is 1.07 bits per heavy atom. The molecule has 0 atom stereocenters. The van der Waals surface area contributed by atoms with Crippen LogP contribution in [0.5, 0.6) is 0 Å². The van der Waals surface area contributed by atoms with E-state index in [2.05, 4.69) is 32.4 Å². The number of nitrogens with zero attached hydrogens (tertiary/aromatic N) is 2. The van der Waals surface area contributed by atoms with Gasteiger partial charge >= 0.3 is 0 Å². The molecule has 78 valence electrons. The summed E-state index contributed by atoms with van der Waals surface area (Å²) in [5.41, 5.74) is 0. The summed E-state index contributed by atoms with van der Waals surface area (Å²) >= 11 is 9.17. The summed E-state index contributed by atoms with van der Waals surface area (Å²) in [7, 11) is 0. The minimum absolute atomic E-state index is 0.522. The summed E-state index contributed by atoms with van der Waals surface area (Å²) in [5.74, 6) is 0. The lowest BCUT2D eigenvalue weighted by atomic mass is 10.5. The molecule has 0 unspecified atom stereocenters. The average Bonchev–Trinajstić information content (AvgIpc) is 2.13. The molecule has 0 aromatic rings. The fraction of sp³-hybridized carbons (Fsp3) is 0.300. The summed E-state index contributed by atoms with van der Waals surface area (Å²) in [6.45, 7) is 13.1. The predicted molar refractivity (Wildman–Crippen MR) is 70.5 cm³/mol. The van der Waals surface area contributed by atoms with Gasteiger partial charge < -0.3 is 0 Å². The molecule has 0 aliphatic rings. The van der Waals surface area contributed by atoms with Crippen LogP contribution in [0, 0.1) is 0 Å². The van der Waals surface area contributed by atoms with E-state index in [1.54, 1.807) is 6.08 Å². The van der Waals surface area contributed by atoms with Crippen molar-refractivity contribution in [2.75, 3.05) is 19.6 Å². The van der Waals surface area contributed by atoms with Gasteiger partial charge in [-0.1, -0.05) is 30.4 Å². The Morgan fingerprint density at radius 2 is 1.50 bits per heavy atom. The first-order chi connectivity index (χ1) is 6.67. The molecular weight excluding hydrogens is 212 g/mol. The molecule has 0 radical (unpaired) electrons. The summed E-state index contributed by atoms with van der Waals surface area (Å²) in [4.78, 5) is 0. The zero-order valence-electron chi connectivity index (χ0n) is 8.22. The molecule has 0 fully saturated rings. The Hall–Kier alpha value is -0.580. The van der Waals surface area contributed by atoms with Crippen LogP contribution in [-0.2, 0) is 0 Å². The molecule has 0 rings (SSSR count). The average molecular weight is 228 g/mol. The lowest BCUT2D eigenvalue weighted by molar-refractivity contribution is 0.0919. The number of rotatable bonds is 7. The van der Waals surface area contributed by atoms with E-state index in [-0.39, 0.29) is 0 Å². The Morgan fingerprint density at radius 3 is 1.79 bits per heavy atom. The first kappa shape index (κ1) is 13.4. The first-order valence-electron chi connectivity index (χ1n) is 4.25. The highest BCUT2D eigenvalue weighted by molar-refractivity contribution is 8.10. The third-order valence-corrected chi connectivity index (χ3v) is 1.99. The van der Waals surface area contributed by atoms with Gasteiger partial charge in [0.15, 0.2) is 0 Å². The minimum atomic E-state index is 0.522. The highest BCUT2D eigenvalue weighted by atomic mass is 32.1. The molecule has 2 nitrogen and oxygen atoms in total. The molecule has 0 saturated heterocycles. The SMILES string of the molecule is C=CCN(CC=C)N(CC=C)C(=S)S. The van der Waals surface area contributed by atoms with E-state index in [0.717, 1.165) is 0 Å². The van der Waals surface area contributed by atoms with Crippen molar-refractivity contribution in [3.05, 3.63) is 38.0 Å². The van der Waals surface area contributed by atoms with Crippen LogP contribution in [0.3, 0.4) is 0 Å². The number of hydrogen-bond acceptors (Lipinski definition) is 2. The predicted octanol–water partition coefficient (Wildman–Crippen LogP) is 2.28. The molecule has 0 aromatic heterocycles. The highest BCUT2D eigenvalue weighted by Crippen LogP contribution is 2.04. The summed E-state index contributed by atoms with van der Waals surface area (Å²) in [5, 5.41) is 3.85. The third-order valence-electron chi connectivity index (χ3n) is 1.54. The zero-order valence-corrected chi connectivity index (χ0v) is 9.94. The lowest BCUT2D eigenvalue weighted by Gasteiger charge is -2.33. The molecule has 14 heavy (non-hydrogen) atoms. The van der Waals surface area contributed by atoms with Crippen molar-refractivity contribution in [3.63, 3.8) is 0 Å². The molecule has 0 aliphatic heterocycles. The second-order valence-electron chi connectivity index (χ2n) is 2.60. The number of hydrazine groups is 1. The van der Waals surface area contributed by atoms with Crippen molar-refractivity contribution < 1.29 is 0 Å². The fourth-order valence-corrected chi connectivity index (χ4v) is 1.40. The van der Waals surface area contributed by atoms with Gasteiger partial charge in [-0.3, -0.25) is 5.01 Å². The molecule has 4 heteroatoms. The Kier molecular flexibility index (Phi) is 7.47. The smallest absolute Gasteiger partial charge is 0.148 e. The second-order valence-corrected chi connectivity index (χ2v) is 3.72. The maximum atomic E-state index is 5.02. The van der Waals surface area contributed by atoms with Crippen molar-refractivity contribution in [2.45, 2.75) is 0 Å². The monoisotopic (exact) mass is 228 g/mol. The van der Waals surface area contributed by atoms with Gasteiger partial charge in [0.1, 0.15) is 4.32 Å². The van der Waals surface area contributed by atoms with E-state index in [0.29, 0.717) is 24.0 Å². The fourth-order valence-electron chi connectivity index (χ4n) is 1.01. The zero-order chi connectivity index (χ0) is 11.0. The van der Waals surface area contributed by atoms with Crippen molar-refractivity contribution in [2.24, 2.45) is 0 Å². The molecule has 0 spiro atoms. The van der Waals surface area contributed by atoms with Gasteiger partial charge in [0, 0.05) is 13.1 Å². The maximum absolute atomic E-state index is 5.02. The van der Waals surface area contributed by atoms with Gasteiger partial charge in [0.05, 0.1) is 6.54 Å². The third kappa shape index (κ3) is 4.60. The maximum Gasteiger partial charge on any atom is 0.148 e. The van der Waals surface area contributed by atoms with Gasteiger partial charge in [0.25, 0.3) is 0 Å². The van der Waals surface area contributed by atoms with E-state index < -0.39 is 0 Å². The van der Waals surface area contributed by atoms with E-state index in [9.17, 15) is 0 Å². The topological polar surface area (TPSA) is 6.48 Å². The Labute approximate surface area is 97.0 Å². The summed E-state index contributed by atoms with van der Waals surface area (Å²) < 4.78 is 0.522. The van der Waals surface area contributed by atoms with Crippen LogP contribution in [0.15, 0.2) is 38.0 Å². The molecule has 0 N–H and O–H groups in total. The van der Waals surface area contributed by atoms with Crippen LogP contribution in [0.25, 0.3) is 0 Å². The molecule has 0 bridgehead atoms. The first-order valence-corrected chi connectivity index (χ1v) is 5.10. The number of thiol groups is 1. The summed E-state index contributed by atoms with van der Waals surface area (Å²) in [6.07, 6.45) is 5.40. The van der Waals surface area contributed by atoms with E-state index in [4.69, 9.17) is 12.2 Å². The molecule has 0 aliphatic carbocycles. The van der Waals surface area contributed by atoms with Crippen LogP contribution in [0.2, 0.25) is 0 Å². The normalized spacial score (nSPS) is 9.57.